The van der Waals surface area contributed by atoms with E-state index in [1.165, 1.54) is 0 Å². The topological polar surface area (TPSA) is 47.6 Å². The predicted molar refractivity (Wildman–Crippen MR) is 49.9 cm³/mol. The number of hydrogen-bond acceptors (Lipinski definition) is 2. The average Bonchev–Trinajstić information content (AvgIpc) is 2.18. The number of nitrogens with zero attached hydrogens (tertiary/aromatic N) is 2. The highest BCUT2D eigenvalue weighted by Gasteiger charge is 2.05. The van der Waals surface area contributed by atoms with Gasteiger partial charge < -0.3 is 0 Å². The summed E-state index contributed by atoms with van der Waals surface area (Å²) in [6.45, 7) is 2.06. The van der Waals surface area contributed by atoms with Crippen molar-refractivity contribution in [3.05, 3.63) is 34.9 Å². The largest absolute Gasteiger partial charge is 0.192 e. The van der Waals surface area contributed by atoms with Crippen molar-refractivity contribution in [3.8, 4) is 12.1 Å². The standard InChI is InChI=1S/C11H10N2/c1-2-4-9-5-3-6-10(7-12)11(9)8-13/h3,5-6H,2,4H2,1H3. The van der Waals surface area contributed by atoms with E-state index in [4.69, 9.17) is 10.5 Å². The Morgan fingerprint density at radius 3 is 2.54 bits per heavy atom. The first-order chi connectivity index (χ1) is 6.33. The summed E-state index contributed by atoms with van der Waals surface area (Å²) < 4.78 is 0. The Bertz CT molecular complexity index is 380. The summed E-state index contributed by atoms with van der Waals surface area (Å²) in [5.41, 5.74) is 1.99. The molecule has 0 spiro atoms. The lowest BCUT2D eigenvalue weighted by Gasteiger charge is -2.02. The fourth-order valence-electron chi connectivity index (χ4n) is 1.30. The molecule has 0 saturated carbocycles. The van der Waals surface area contributed by atoms with E-state index in [1.807, 2.05) is 18.2 Å². The summed E-state index contributed by atoms with van der Waals surface area (Å²) in [5.74, 6) is 0. The van der Waals surface area contributed by atoms with Gasteiger partial charge in [0.15, 0.2) is 0 Å². The monoisotopic (exact) mass is 170 g/mol. The molecule has 0 aliphatic carbocycles. The van der Waals surface area contributed by atoms with Crippen LogP contribution in [0.5, 0.6) is 0 Å². The van der Waals surface area contributed by atoms with E-state index in [2.05, 4.69) is 13.0 Å². The lowest BCUT2D eigenvalue weighted by atomic mass is 9.99. The summed E-state index contributed by atoms with van der Waals surface area (Å²) >= 11 is 0. The van der Waals surface area contributed by atoms with Crippen LogP contribution in [0, 0.1) is 22.7 Å². The van der Waals surface area contributed by atoms with E-state index in [0.717, 1.165) is 18.4 Å². The van der Waals surface area contributed by atoms with Crippen molar-refractivity contribution in [2.75, 3.05) is 0 Å². The summed E-state index contributed by atoms with van der Waals surface area (Å²) in [7, 11) is 0. The van der Waals surface area contributed by atoms with E-state index in [1.54, 1.807) is 6.07 Å². The Balaban J connectivity index is 3.23. The van der Waals surface area contributed by atoms with Gasteiger partial charge in [0.25, 0.3) is 0 Å². The zero-order chi connectivity index (χ0) is 9.68. The van der Waals surface area contributed by atoms with E-state index in [9.17, 15) is 0 Å². The molecule has 1 rings (SSSR count). The molecule has 0 bridgehead atoms. The Morgan fingerprint density at radius 1 is 1.23 bits per heavy atom. The molecule has 0 heterocycles. The van der Waals surface area contributed by atoms with Gasteiger partial charge in [-0.15, -0.1) is 0 Å². The molecule has 0 amide bonds. The average molecular weight is 170 g/mol. The van der Waals surface area contributed by atoms with Crippen LogP contribution in [0.4, 0.5) is 0 Å². The van der Waals surface area contributed by atoms with Crippen molar-refractivity contribution in [2.45, 2.75) is 19.8 Å². The zero-order valence-electron chi connectivity index (χ0n) is 7.54. The predicted octanol–water partition coefficient (Wildman–Crippen LogP) is 2.38. The molecule has 1 aromatic rings. The minimum absolute atomic E-state index is 0.480. The van der Waals surface area contributed by atoms with Crippen molar-refractivity contribution in [3.63, 3.8) is 0 Å². The lowest BCUT2D eigenvalue weighted by Crippen LogP contribution is -1.92. The third-order valence-corrected chi connectivity index (χ3v) is 1.90. The number of hydrogen-bond donors (Lipinski definition) is 0. The van der Waals surface area contributed by atoms with Crippen molar-refractivity contribution in [2.24, 2.45) is 0 Å². The van der Waals surface area contributed by atoms with Gasteiger partial charge in [-0.3, -0.25) is 0 Å². The normalized spacial score (nSPS) is 8.85. The first kappa shape index (κ1) is 9.29. The van der Waals surface area contributed by atoms with Gasteiger partial charge in [-0.2, -0.15) is 10.5 Å². The van der Waals surface area contributed by atoms with Gasteiger partial charge >= 0.3 is 0 Å². The molecule has 2 heteroatoms. The highest BCUT2D eigenvalue weighted by Crippen LogP contribution is 2.14. The van der Waals surface area contributed by atoms with Crippen molar-refractivity contribution >= 4 is 0 Å². The highest BCUT2D eigenvalue weighted by molar-refractivity contribution is 5.50. The molecule has 0 atom stereocenters. The van der Waals surface area contributed by atoms with Crippen LogP contribution in [-0.2, 0) is 6.42 Å². The molecule has 0 aliphatic rings. The number of benzene rings is 1. The molecule has 0 radical (unpaired) electrons. The molecule has 0 aliphatic heterocycles. The molecule has 0 N–H and O–H groups in total. The Morgan fingerprint density at radius 2 is 2.00 bits per heavy atom. The van der Waals surface area contributed by atoms with E-state index in [-0.39, 0.29) is 0 Å². The molecular weight excluding hydrogens is 160 g/mol. The Kier molecular flexibility index (Phi) is 3.06. The van der Waals surface area contributed by atoms with Crippen LogP contribution in [0.1, 0.15) is 30.0 Å². The highest BCUT2D eigenvalue weighted by atomic mass is 14.3. The van der Waals surface area contributed by atoms with Crippen LogP contribution >= 0.6 is 0 Å². The van der Waals surface area contributed by atoms with E-state index in [0.29, 0.717) is 11.1 Å². The second-order valence-electron chi connectivity index (χ2n) is 2.81. The van der Waals surface area contributed by atoms with Gasteiger partial charge in [-0.25, -0.2) is 0 Å². The van der Waals surface area contributed by atoms with Crippen LogP contribution < -0.4 is 0 Å². The van der Waals surface area contributed by atoms with Gasteiger partial charge in [0.05, 0.1) is 11.1 Å². The number of nitriles is 2. The van der Waals surface area contributed by atoms with Crippen molar-refractivity contribution in [1.29, 1.82) is 10.5 Å². The SMILES string of the molecule is CCCc1cccc(C#N)c1C#N. The summed E-state index contributed by atoms with van der Waals surface area (Å²) in [6.07, 6.45) is 1.85. The van der Waals surface area contributed by atoms with Gasteiger partial charge in [-0.05, 0) is 18.1 Å². The fraction of sp³-hybridized carbons (Fsp3) is 0.273. The van der Waals surface area contributed by atoms with Gasteiger partial charge in [0, 0.05) is 0 Å². The maximum absolute atomic E-state index is 8.86. The molecule has 1 aromatic carbocycles. The van der Waals surface area contributed by atoms with Crippen LogP contribution in [0.2, 0.25) is 0 Å². The maximum atomic E-state index is 8.86. The number of aryl methyl sites for hydroxylation is 1. The maximum Gasteiger partial charge on any atom is 0.101 e. The van der Waals surface area contributed by atoms with Crippen LogP contribution in [0.3, 0.4) is 0 Å². The van der Waals surface area contributed by atoms with Crippen LogP contribution in [-0.4, -0.2) is 0 Å². The van der Waals surface area contributed by atoms with Gasteiger partial charge in [0.1, 0.15) is 12.1 Å². The first-order valence-electron chi connectivity index (χ1n) is 4.25. The first-order valence-corrected chi connectivity index (χ1v) is 4.25. The molecule has 2 nitrogen and oxygen atoms in total. The van der Waals surface area contributed by atoms with Crippen LogP contribution in [0.15, 0.2) is 18.2 Å². The second kappa shape index (κ2) is 4.28. The minimum atomic E-state index is 0.480. The van der Waals surface area contributed by atoms with Gasteiger partial charge in [-0.1, -0.05) is 25.5 Å². The molecule has 64 valence electrons. The zero-order valence-corrected chi connectivity index (χ0v) is 7.54. The molecular formula is C11H10N2. The smallest absolute Gasteiger partial charge is 0.101 e. The van der Waals surface area contributed by atoms with E-state index >= 15 is 0 Å². The van der Waals surface area contributed by atoms with Crippen molar-refractivity contribution in [1.82, 2.24) is 0 Å². The fourth-order valence-corrected chi connectivity index (χ4v) is 1.30. The minimum Gasteiger partial charge on any atom is -0.192 e. The Hall–Kier alpha value is -1.80. The summed E-state index contributed by atoms with van der Waals surface area (Å²) in [4.78, 5) is 0. The quantitative estimate of drug-likeness (QED) is 0.684. The number of rotatable bonds is 2. The van der Waals surface area contributed by atoms with E-state index < -0.39 is 0 Å². The summed E-state index contributed by atoms with van der Waals surface area (Å²) in [5, 5.41) is 17.6. The molecule has 0 fully saturated rings. The molecule has 0 unspecified atom stereocenters. The third-order valence-electron chi connectivity index (χ3n) is 1.90. The summed E-state index contributed by atoms with van der Waals surface area (Å²) in [6, 6.07) is 9.51. The molecule has 0 saturated heterocycles. The second-order valence-corrected chi connectivity index (χ2v) is 2.81. The lowest BCUT2D eigenvalue weighted by molar-refractivity contribution is 0.917. The Labute approximate surface area is 78.0 Å². The molecule has 13 heavy (non-hydrogen) atoms. The van der Waals surface area contributed by atoms with Crippen LogP contribution in [0.25, 0.3) is 0 Å². The van der Waals surface area contributed by atoms with Gasteiger partial charge in [0.2, 0.25) is 0 Å². The van der Waals surface area contributed by atoms with Crippen molar-refractivity contribution < 1.29 is 0 Å². The third kappa shape index (κ3) is 1.86. The molecule has 0 aromatic heterocycles.